The number of fused-ring (bicyclic) bond motifs is 2. The molecule has 1 aliphatic rings. The summed E-state index contributed by atoms with van der Waals surface area (Å²) < 4.78 is 13.5. The third-order valence-electron chi connectivity index (χ3n) is 3.41. The van der Waals surface area contributed by atoms with Crippen molar-refractivity contribution in [2.45, 2.75) is 19.9 Å². The lowest BCUT2D eigenvalue weighted by Crippen LogP contribution is -2.15. The minimum atomic E-state index is 0.611. The quantitative estimate of drug-likeness (QED) is 0.908. The number of nitrogens with one attached hydrogen (secondary N) is 1. The molecule has 0 radical (unpaired) electrons. The number of ether oxygens (including phenoxy) is 2. The molecule has 1 aromatic carbocycles. The largest absolute Gasteiger partial charge is 0.486 e. The van der Waals surface area contributed by atoms with Crippen molar-refractivity contribution in [1.82, 2.24) is 14.9 Å². The van der Waals surface area contributed by atoms with Crippen LogP contribution in [-0.4, -0.2) is 36.4 Å². The van der Waals surface area contributed by atoms with E-state index in [1.165, 1.54) is 0 Å². The minimum absolute atomic E-state index is 0.611. The van der Waals surface area contributed by atoms with Crippen LogP contribution in [-0.2, 0) is 13.0 Å². The topological polar surface area (TPSA) is 48.3 Å². The average Bonchev–Trinajstić information content (AvgIpc) is 2.78. The van der Waals surface area contributed by atoms with E-state index in [-0.39, 0.29) is 0 Å². The molecule has 5 nitrogen and oxygen atoms in total. The van der Waals surface area contributed by atoms with Crippen molar-refractivity contribution in [3.63, 3.8) is 0 Å². The molecule has 0 spiro atoms. The fraction of sp³-hybridized carbons (Fsp3) is 0.500. The number of benzene rings is 1. The Labute approximate surface area is 112 Å². The molecule has 1 aliphatic heterocycles. The van der Waals surface area contributed by atoms with Crippen molar-refractivity contribution in [1.29, 1.82) is 0 Å². The molecule has 3 rings (SSSR count). The lowest BCUT2D eigenvalue weighted by Gasteiger charge is -2.18. The normalized spacial score (nSPS) is 14.0. The summed E-state index contributed by atoms with van der Waals surface area (Å²) in [5.41, 5.74) is 2.11. The first-order valence-electron chi connectivity index (χ1n) is 6.77. The van der Waals surface area contributed by atoms with Crippen molar-refractivity contribution < 1.29 is 9.47 Å². The molecule has 5 heteroatoms. The van der Waals surface area contributed by atoms with E-state index in [4.69, 9.17) is 14.5 Å². The molecule has 1 aromatic heterocycles. The fourth-order valence-corrected chi connectivity index (χ4v) is 2.49. The summed E-state index contributed by atoms with van der Waals surface area (Å²) in [5, 5.41) is 3.16. The van der Waals surface area contributed by atoms with Gasteiger partial charge in [-0.15, -0.1) is 0 Å². The van der Waals surface area contributed by atoms with E-state index in [0.717, 1.165) is 47.9 Å². The Hall–Kier alpha value is -1.75. The third kappa shape index (κ3) is 2.14. The second-order valence-electron chi connectivity index (χ2n) is 4.61. The predicted octanol–water partition coefficient (Wildman–Crippen LogP) is 1.59. The molecule has 0 saturated heterocycles. The number of hydrogen-bond donors (Lipinski definition) is 1. The summed E-state index contributed by atoms with van der Waals surface area (Å²) in [4.78, 5) is 4.72. The molecule has 0 unspecified atom stereocenters. The summed E-state index contributed by atoms with van der Waals surface area (Å²) in [6.07, 6.45) is 0.922. The van der Waals surface area contributed by atoms with Gasteiger partial charge in [-0.05, 0) is 14.0 Å². The van der Waals surface area contributed by atoms with E-state index >= 15 is 0 Å². The van der Waals surface area contributed by atoms with Gasteiger partial charge in [-0.1, -0.05) is 0 Å². The lowest BCUT2D eigenvalue weighted by molar-refractivity contribution is 0.172. The Morgan fingerprint density at radius 3 is 2.68 bits per heavy atom. The summed E-state index contributed by atoms with van der Waals surface area (Å²) in [7, 11) is 1.96. The van der Waals surface area contributed by atoms with Crippen molar-refractivity contribution in [3.8, 4) is 11.5 Å². The first-order chi connectivity index (χ1) is 9.33. The zero-order valence-corrected chi connectivity index (χ0v) is 11.4. The Morgan fingerprint density at radius 2 is 2.00 bits per heavy atom. The molecule has 0 amide bonds. The van der Waals surface area contributed by atoms with Crippen LogP contribution in [0.5, 0.6) is 11.5 Å². The SMILES string of the molecule is CCn1c(CCNC)nc2cc3c(cc21)OCCO3. The zero-order valence-electron chi connectivity index (χ0n) is 11.4. The highest BCUT2D eigenvalue weighted by Crippen LogP contribution is 2.34. The highest BCUT2D eigenvalue weighted by molar-refractivity contribution is 5.80. The first-order valence-corrected chi connectivity index (χ1v) is 6.77. The number of rotatable bonds is 4. The van der Waals surface area contributed by atoms with Gasteiger partial charge < -0.3 is 19.4 Å². The number of aromatic nitrogens is 2. The number of hydrogen-bond acceptors (Lipinski definition) is 4. The molecule has 19 heavy (non-hydrogen) atoms. The van der Waals surface area contributed by atoms with Gasteiger partial charge in [0, 0.05) is 31.6 Å². The van der Waals surface area contributed by atoms with Crippen LogP contribution in [0.2, 0.25) is 0 Å². The molecule has 2 aromatic rings. The maximum atomic E-state index is 5.64. The Morgan fingerprint density at radius 1 is 1.26 bits per heavy atom. The van der Waals surface area contributed by atoms with Gasteiger partial charge in [0.2, 0.25) is 0 Å². The third-order valence-corrected chi connectivity index (χ3v) is 3.41. The molecule has 2 heterocycles. The molecule has 0 saturated carbocycles. The zero-order chi connectivity index (χ0) is 13.2. The van der Waals surface area contributed by atoms with Crippen LogP contribution in [0.4, 0.5) is 0 Å². The highest BCUT2D eigenvalue weighted by atomic mass is 16.6. The van der Waals surface area contributed by atoms with Crippen LogP contribution in [0.25, 0.3) is 11.0 Å². The van der Waals surface area contributed by atoms with E-state index < -0.39 is 0 Å². The Kier molecular flexibility index (Phi) is 3.29. The standard InChI is InChI=1S/C14H19N3O2/c1-3-17-11-9-13-12(18-6-7-19-13)8-10(11)16-14(17)4-5-15-2/h8-9,15H,3-7H2,1-2H3. The summed E-state index contributed by atoms with van der Waals surface area (Å²) in [6.45, 7) is 5.21. The summed E-state index contributed by atoms with van der Waals surface area (Å²) in [6, 6.07) is 4.03. The second-order valence-corrected chi connectivity index (χ2v) is 4.61. The van der Waals surface area contributed by atoms with E-state index in [2.05, 4.69) is 16.8 Å². The van der Waals surface area contributed by atoms with Gasteiger partial charge in [0.1, 0.15) is 19.0 Å². The lowest BCUT2D eigenvalue weighted by atomic mass is 10.2. The van der Waals surface area contributed by atoms with Crippen LogP contribution < -0.4 is 14.8 Å². The molecule has 102 valence electrons. The maximum absolute atomic E-state index is 5.64. The first kappa shape index (κ1) is 12.3. The van der Waals surface area contributed by atoms with Gasteiger partial charge in [0.05, 0.1) is 11.0 Å². The smallest absolute Gasteiger partial charge is 0.163 e. The van der Waals surface area contributed by atoms with Crippen LogP contribution >= 0.6 is 0 Å². The van der Waals surface area contributed by atoms with Gasteiger partial charge in [-0.25, -0.2) is 4.98 Å². The van der Waals surface area contributed by atoms with Crippen LogP contribution in [0, 0.1) is 0 Å². The van der Waals surface area contributed by atoms with Crippen molar-refractivity contribution in [3.05, 3.63) is 18.0 Å². The van der Waals surface area contributed by atoms with Crippen LogP contribution in [0.1, 0.15) is 12.7 Å². The predicted molar refractivity (Wildman–Crippen MR) is 74.0 cm³/mol. The molecular formula is C14H19N3O2. The van der Waals surface area contributed by atoms with Gasteiger partial charge in [0.15, 0.2) is 11.5 Å². The molecule has 0 aliphatic carbocycles. The maximum Gasteiger partial charge on any atom is 0.163 e. The van der Waals surface area contributed by atoms with Crippen molar-refractivity contribution in [2.24, 2.45) is 0 Å². The van der Waals surface area contributed by atoms with Crippen molar-refractivity contribution >= 4 is 11.0 Å². The van der Waals surface area contributed by atoms with E-state index in [1.54, 1.807) is 0 Å². The summed E-state index contributed by atoms with van der Waals surface area (Å²) >= 11 is 0. The van der Waals surface area contributed by atoms with E-state index in [1.807, 2.05) is 19.2 Å². The number of imidazole rings is 1. The number of nitrogens with zero attached hydrogens (tertiary/aromatic N) is 2. The Balaban J connectivity index is 2.09. The molecule has 0 bridgehead atoms. The van der Waals surface area contributed by atoms with Crippen LogP contribution in [0.15, 0.2) is 12.1 Å². The van der Waals surface area contributed by atoms with Crippen molar-refractivity contribution in [2.75, 3.05) is 26.8 Å². The number of likely N-dealkylation sites (N-methyl/N-ethyl adjacent to an activating group) is 1. The van der Waals surface area contributed by atoms with Gasteiger partial charge in [0.25, 0.3) is 0 Å². The molecule has 1 N–H and O–H groups in total. The summed E-state index contributed by atoms with van der Waals surface area (Å²) in [5.74, 6) is 2.74. The monoisotopic (exact) mass is 261 g/mol. The fourth-order valence-electron chi connectivity index (χ4n) is 2.49. The second kappa shape index (κ2) is 5.09. The van der Waals surface area contributed by atoms with Gasteiger partial charge in [-0.2, -0.15) is 0 Å². The number of aryl methyl sites for hydroxylation is 1. The van der Waals surface area contributed by atoms with E-state index in [0.29, 0.717) is 13.2 Å². The van der Waals surface area contributed by atoms with E-state index in [9.17, 15) is 0 Å². The minimum Gasteiger partial charge on any atom is -0.486 e. The average molecular weight is 261 g/mol. The van der Waals surface area contributed by atoms with Gasteiger partial charge in [-0.3, -0.25) is 0 Å². The molecule has 0 fully saturated rings. The van der Waals surface area contributed by atoms with Crippen LogP contribution in [0.3, 0.4) is 0 Å². The molecular weight excluding hydrogens is 242 g/mol. The Bertz CT molecular complexity index is 592. The molecule has 0 atom stereocenters. The highest BCUT2D eigenvalue weighted by Gasteiger charge is 2.17. The van der Waals surface area contributed by atoms with Gasteiger partial charge >= 0.3 is 0 Å².